The van der Waals surface area contributed by atoms with Gasteiger partial charge in [-0.25, -0.2) is 4.58 Å². The molecule has 0 unspecified atom stereocenters. The molecule has 15 heavy (non-hydrogen) atoms. The highest BCUT2D eigenvalue weighted by Gasteiger charge is 2.02. The monoisotopic (exact) mass is 221 g/mol. The molecule has 0 spiro atoms. The minimum atomic E-state index is 0. The first-order chi connectivity index (χ1) is 6.74. The highest BCUT2D eigenvalue weighted by atomic mass is 35.5. The number of hydrogen-bond acceptors (Lipinski definition) is 0. The average molecular weight is 222 g/mol. The Morgan fingerprint density at radius 1 is 1.07 bits per heavy atom. The summed E-state index contributed by atoms with van der Waals surface area (Å²) in [6, 6.07) is 0. The lowest BCUT2D eigenvalue weighted by Crippen LogP contribution is -3.00. The highest BCUT2D eigenvalue weighted by molar-refractivity contribution is 6.02. The third-order valence-electron chi connectivity index (χ3n) is 1.95. The van der Waals surface area contributed by atoms with E-state index in [1.165, 1.54) is 11.3 Å². The van der Waals surface area contributed by atoms with Gasteiger partial charge in [-0.1, -0.05) is 30.9 Å². The van der Waals surface area contributed by atoms with Crippen molar-refractivity contribution in [3.05, 3.63) is 60.8 Å². The predicted molar refractivity (Wildman–Crippen MR) is 62.8 cm³/mol. The van der Waals surface area contributed by atoms with Crippen LogP contribution in [0.1, 0.15) is 0 Å². The first-order valence-electron chi connectivity index (χ1n) is 4.64. The van der Waals surface area contributed by atoms with Gasteiger partial charge in [0.05, 0.1) is 0 Å². The lowest BCUT2D eigenvalue weighted by molar-refractivity contribution is -0.462. The zero-order chi connectivity index (χ0) is 10.4. The van der Waals surface area contributed by atoms with E-state index in [4.69, 9.17) is 0 Å². The first-order valence-corrected chi connectivity index (χ1v) is 4.64. The van der Waals surface area contributed by atoms with Crippen molar-refractivity contribution in [2.45, 2.75) is 0 Å². The summed E-state index contributed by atoms with van der Waals surface area (Å²) in [7, 11) is 4.08. The van der Waals surface area contributed by atoms with Crippen LogP contribution in [0.3, 0.4) is 0 Å². The van der Waals surface area contributed by atoms with Gasteiger partial charge in [0.1, 0.15) is 14.1 Å². The molecule has 2 heteroatoms. The number of allylic oxidation sites excluding steroid dienone is 9. The number of hydrogen-bond donors (Lipinski definition) is 0. The average Bonchev–Trinajstić information content (AvgIpc) is 2.19. The molecule has 0 aromatic carbocycles. The third-order valence-corrected chi connectivity index (χ3v) is 1.95. The van der Waals surface area contributed by atoms with Crippen LogP contribution in [0.5, 0.6) is 0 Å². The van der Waals surface area contributed by atoms with Gasteiger partial charge < -0.3 is 12.4 Å². The van der Waals surface area contributed by atoms with Gasteiger partial charge in [0.2, 0.25) is 0 Å². The molecule has 0 aromatic heterocycles. The Morgan fingerprint density at radius 3 is 2.13 bits per heavy atom. The minimum Gasteiger partial charge on any atom is -1.00 e. The molecule has 0 bridgehead atoms. The standard InChI is InChI=1S/C13H16N.ClH/c1-4-5-6-7-12-8-10-13(11-9-12)14(2)3;/h4-11H,1H2,2-3H3;1H/q+1;/p-1. The molecule has 0 heterocycles. The quantitative estimate of drug-likeness (QED) is 0.437. The van der Waals surface area contributed by atoms with Crippen molar-refractivity contribution >= 4 is 5.71 Å². The van der Waals surface area contributed by atoms with Crippen molar-refractivity contribution in [1.29, 1.82) is 0 Å². The summed E-state index contributed by atoms with van der Waals surface area (Å²) in [6.07, 6.45) is 16.1. The van der Waals surface area contributed by atoms with E-state index >= 15 is 0 Å². The maximum absolute atomic E-state index is 3.62. The second kappa shape index (κ2) is 7.02. The van der Waals surface area contributed by atoms with Gasteiger partial charge in [-0.2, -0.15) is 0 Å². The molecule has 0 radical (unpaired) electrons. The summed E-state index contributed by atoms with van der Waals surface area (Å²) in [4.78, 5) is 0. The van der Waals surface area contributed by atoms with Gasteiger partial charge in [0.25, 0.3) is 0 Å². The Morgan fingerprint density at radius 2 is 1.67 bits per heavy atom. The van der Waals surface area contributed by atoms with Gasteiger partial charge in [0, 0.05) is 12.2 Å². The van der Waals surface area contributed by atoms with Crippen LogP contribution in [0.2, 0.25) is 0 Å². The van der Waals surface area contributed by atoms with Crippen LogP contribution in [0.4, 0.5) is 0 Å². The Hall–Kier alpha value is -1.34. The summed E-state index contributed by atoms with van der Waals surface area (Å²) in [5.41, 5.74) is 2.42. The molecule has 0 amide bonds. The Bertz CT molecular complexity index is 346. The number of halogens is 1. The van der Waals surface area contributed by atoms with Crippen LogP contribution in [0.15, 0.2) is 60.8 Å². The van der Waals surface area contributed by atoms with E-state index in [0.717, 1.165) is 0 Å². The van der Waals surface area contributed by atoms with E-state index in [1.807, 2.05) is 26.2 Å². The second-order valence-corrected chi connectivity index (χ2v) is 3.27. The van der Waals surface area contributed by atoms with Crippen molar-refractivity contribution < 1.29 is 17.0 Å². The largest absolute Gasteiger partial charge is 1.00 e. The Balaban J connectivity index is 0.00000196. The second-order valence-electron chi connectivity index (χ2n) is 3.27. The third kappa shape index (κ3) is 4.61. The van der Waals surface area contributed by atoms with Gasteiger partial charge in [0.15, 0.2) is 5.71 Å². The normalized spacial score (nSPS) is 14.0. The topological polar surface area (TPSA) is 3.01 Å². The van der Waals surface area contributed by atoms with Crippen LogP contribution in [0.25, 0.3) is 0 Å². The van der Waals surface area contributed by atoms with E-state index in [1.54, 1.807) is 6.08 Å². The highest BCUT2D eigenvalue weighted by Crippen LogP contribution is 2.06. The molecule has 0 fully saturated rings. The van der Waals surface area contributed by atoms with E-state index < -0.39 is 0 Å². The summed E-state index contributed by atoms with van der Waals surface area (Å²) in [5, 5.41) is 0. The fourth-order valence-electron chi connectivity index (χ4n) is 1.13. The molecule has 1 nitrogen and oxygen atoms in total. The molecular formula is C13H16ClN. The molecule has 0 saturated heterocycles. The number of nitrogens with zero attached hydrogens (tertiary/aromatic N) is 1. The predicted octanol–water partition coefficient (Wildman–Crippen LogP) is -0.502. The van der Waals surface area contributed by atoms with Crippen LogP contribution in [0, 0.1) is 0 Å². The van der Waals surface area contributed by atoms with Gasteiger partial charge >= 0.3 is 0 Å². The molecular weight excluding hydrogens is 206 g/mol. The van der Waals surface area contributed by atoms with Crippen LogP contribution >= 0.6 is 0 Å². The molecule has 0 atom stereocenters. The smallest absolute Gasteiger partial charge is 0.199 e. The summed E-state index contributed by atoms with van der Waals surface area (Å²) < 4.78 is 2.09. The van der Waals surface area contributed by atoms with E-state index in [9.17, 15) is 0 Å². The molecule has 1 rings (SSSR count). The maximum atomic E-state index is 3.62. The zero-order valence-electron chi connectivity index (χ0n) is 9.15. The van der Waals surface area contributed by atoms with E-state index in [0.29, 0.717) is 0 Å². The lowest BCUT2D eigenvalue weighted by atomic mass is 10.1. The first kappa shape index (κ1) is 13.7. The van der Waals surface area contributed by atoms with Gasteiger partial charge in [-0.3, -0.25) is 0 Å². The Labute approximate surface area is 97.9 Å². The summed E-state index contributed by atoms with van der Waals surface area (Å²) in [5.74, 6) is 0. The van der Waals surface area contributed by atoms with Crippen molar-refractivity contribution in [1.82, 2.24) is 0 Å². The maximum Gasteiger partial charge on any atom is 0.199 e. The molecule has 0 aromatic rings. The van der Waals surface area contributed by atoms with Crippen LogP contribution < -0.4 is 12.4 Å². The lowest BCUT2D eigenvalue weighted by Gasteiger charge is -1.99. The molecule has 0 N–H and O–H groups in total. The van der Waals surface area contributed by atoms with E-state index in [-0.39, 0.29) is 12.4 Å². The molecule has 0 saturated carbocycles. The molecule has 1 aliphatic rings. The zero-order valence-corrected chi connectivity index (χ0v) is 9.91. The summed E-state index contributed by atoms with van der Waals surface area (Å²) >= 11 is 0. The summed E-state index contributed by atoms with van der Waals surface area (Å²) in [6.45, 7) is 3.62. The van der Waals surface area contributed by atoms with Crippen molar-refractivity contribution in [3.8, 4) is 0 Å². The van der Waals surface area contributed by atoms with Crippen molar-refractivity contribution in [2.75, 3.05) is 14.1 Å². The SMILES string of the molecule is C=CC=CC=C1C=CC(=[N+](C)C)C=C1.[Cl-]. The number of rotatable bonds is 2. The van der Waals surface area contributed by atoms with Crippen LogP contribution in [-0.4, -0.2) is 24.4 Å². The van der Waals surface area contributed by atoms with Crippen molar-refractivity contribution in [3.63, 3.8) is 0 Å². The van der Waals surface area contributed by atoms with Gasteiger partial charge in [-0.05, 0) is 17.7 Å². The molecule has 1 aliphatic carbocycles. The molecule has 0 aliphatic heterocycles. The van der Waals surface area contributed by atoms with Gasteiger partial charge in [-0.15, -0.1) is 0 Å². The van der Waals surface area contributed by atoms with Crippen LogP contribution in [-0.2, 0) is 0 Å². The molecule has 80 valence electrons. The fraction of sp³-hybridized carbons (Fsp3) is 0.154. The fourth-order valence-corrected chi connectivity index (χ4v) is 1.13. The Kier molecular flexibility index (Phi) is 6.39. The minimum absolute atomic E-state index is 0. The van der Waals surface area contributed by atoms with Crippen molar-refractivity contribution in [2.24, 2.45) is 0 Å². The van der Waals surface area contributed by atoms with E-state index in [2.05, 4.69) is 41.5 Å².